The number of non-ortho nitro benzene ring substituents is 1. The molecule has 0 aliphatic rings. The molecule has 90 valence electrons. The van der Waals surface area contributed by atoms with Crippen LogP contribution in [0.3, 0.4) is 0 Å². The molecule has 0 aliphatic carbocycles. The molecular weight excluding hydrogens is 238 g/mol. The summed E-state index contributed by atoms with van der Waals surface area (Å²) in [4.78, 5) is 17.8. The van der Waals surface area contributed by atoms with Crippen molar-refractivity contribution >= 4 is 28.5 Å². The van der Waals surface area contributed by atoms with Crippen LogP contribution >= 0.6 is 11.8 Å². The molecule has 0 atom stereocenters. The average molecular weight is 251 g/mol. The minimum Gasteiger partial charge on any atom is -0.333 e. The number of H-pyrrole nitrogens is 1. The van der Waals surface area contributed by atoms with Gasteiger partial charge in [-0.05, 0) is 12.5 Å². The Morgan fingerprint density at radius 2 is 2.35 bits per heavy atom. The minimum atomic E-state index is -0.399. The smallest absolute Gasteiger partial charge is 0.297 e. The summed E-state index contributed by atoms with van der Waals surface area (Å²) in [6, 6.07) is 4.95. The molecule has 6 heteroatoms. The molecule has 0 saturated carbocycles. The number of nitrogens with one attached hydrogen (secondary N) is 1. The Hall–Kier alpha value is -1.56. The lowest BCUT2D eigenvalue weighted by molar-refractivity contribution is -0.383. The first-order chi connectivity index (χ1) is 8.22. The number of imidazole rings is 1. The van der Waals surface area contributed by atoms with Gasteiger partial charge < -0.3 is 4.98 Å². The first-order valence-electron chi connectivity index (χ1n) is 5.48. The lowest BCUT2D eigenvalue weighted by Gasteiger charge is -1.93. The second-order valence-corrected chi connectivity index (χ2v) is 4.76. The summed E-state index contributed by atoms with van der Waals surface area (Å²) in [5, 5.41) is 11.6. The predicted molar refractivity (Wildman–Crippen MR) is 68.4 cm³/mol. The maximum atomic E-state index is 10.8. The van der Waals surface area contributed by atoms with Crippen LogP contribution in [0.5, 0.6) is 0 Å². The number of thioether (sulfide) groups is 1. The number of benzene rings is 1. The monoisotopic (exact) mass is 251 g/mol. The van der Waals surface area contributed by atoms with E-state index in [1.165, 1.54) is 6.07 Å². The first kappa shape index (κ1) is 11.9. The highest BCUT2D eigenvalue weighted by molar-refractivity contribution is 7.99. The van der Waals surface area contributed by atoms with E-state index in [1.54, 1.807) is 23.9 Å². The summed E-state index contributed by atoms with van der Waals surface area (Å²) >= 11 is 1.60. The molecule has 0 radical (unpaired) electrons. The molecule has 0 bridgehead atoms. The van der Waals surface area contributed by atoms with Gasteiger partial charge in [-0.2, -0.15) is 0 Å². The van der Waals surface area contributed by atoms with Crippen LogP contribution in [0.4, 0.5) is 5.69 Å². The lowest BCUT2D eigenvalue weighted by atomic mass is 10.3. The highest BCUT2D eigenvalue weighted by Gasteiger charge is 2.15. The number of hydrogen-bond donors (Lipinski definition) is 1. The summed E-state index contributed by atoms with van der Waals surface area (Å²) in [5.41, 5.74) is 1.22. The van der Waals surface area contributed by atoms with Gasteiger partial charge in [0.2, 0.25) is 0 Å². The number of nitro benzene ring substituents is 1. The van der Waals surface area contributed by atoms with Crippen molar-refractivity contribution in [1.29, 1.82) is 0 Å². The van der Waals surface area contributed by atoms with Crippen molar-refractivity contribution in [2.45, 2.75) is 24.9 Å². The normalized spacial score (nSPS) is 10.9. The summed E-state index contributed by atoms with van der Waals surface area (Å²) < 4.78 is 0. The Morgan fingerprint density at radius 3 is 3.06 bits per heavy atom. The summed E-state index contributed by atoms with van der Waals surface area (Å²) in [6.45, 7) is 2.13. The molecule has 1 heterocycles. The van der Waals surface area contributed by atoms with E-state index >= 15 is 0 Å². The number of rotatable bonds is 5. The van der Waals surface area contributed by atoms with Crippen LogP contribution in [-0.2, 0) is 0 Å². The molecule has 2 rings (SSSR count). The fourth-order valence-electron chi connectivity index (χ4n) is 1.52. The molecule has 17 heavy (non-hydrogen) atoms. The van der Waals surface area contributed by atoms with Crippen molar-refractivity contribution < 1.29 is 4.92 Å². The number of unbranched alkanes of at least 4 members (excludes halogenated alkanes) is 1. The lowest BCUT2D eigenvalue weighted by Crippen LogP contribution is -1.88. The molecular formula is C11H13N3O2S. The van der Waals surface area contributed by atoms with Gasteiger partial charge in [0.05, 0.1) is 10.4 Å². The van der Waals surface area contributed by atoms with Gasteiger partial charge in [0.25, 0.3) is 5.69 Å². The number of aromatic nitrogens is 2. The van der Waals surface area contributed by atoms with Gasteiger partial charge in [0.15, 0.2) is 10.7 Å². The van der Waals surface area contributed by atoms with E-state index in [9.17, 15) is 10.1 Å². The van der Waals surface area contributed by atoms with Crippen LogP contribution < -0.4 is 0 Å². The number of nitrogens with zero attached hydrogens (tertiary/aromatic N) is 2. The van der Waals surface area contributed by atoms with Gasteiger partial charge in [-0.25, -0.2) is 4.98 Å². The molecule has 1 aromatic heterocycles. The zero-order valence-corrected chi connectivity index (χ0v) is 10.3. The molecule has 1 N–H and O–H groups in total. The third-order valence-corrected chi connectivity index (χ3v) is 3.36. The van der Waals surface area contributed by atoms with E-state index in [4.69, 9.17) is 0 Å². The third-order valence-electron chi connectivity index (χ3n) is 2.40. The summed E-state index contributed by atoms with van der Waals surface area (Å²) in [7, 11) is 0. The number of nitro groups is 1. The van der Waals surface area contributed by atoms with Crippen LogP contribution in [0.1, 0.15) is 19.8 Å². The van der Waals surface area contributed by atoms with Crippen LogP contribution in [0.25, 0.3) is 11.0 Å². The Bertz CT molecular complexity index is 538. The third kappa shape index (κ3) is 2.58. The second kappa shape index (κ2) is 5.18. The van der Waals surface area contributed by atoms with E-state index < -0.39 is 4.92 Å². The zero-order chi connectivity index (χ0) is 12.3. The van der Waals surface area contributed by atoms with Crippen LogP contribution in [0, 0.1) is 10.1 Å². The predicted octanol–water partition coefficient (Wildman–Crippen LogP) is 3.36. The number of hydrogen-bond acceptors (Lipinski definition) is 4. The highest BCUT2D eigenvalue weighted by Crippen LogP contribution is 2.26. The Kier molecular flexibility index (Phi) is 3.63. The molecule has 0 fully saturated rings. The van der Waals surface area contributed by atoms with E-state index in [-0.39, 0.29) is 5.69 Å². The average Bonchev–Trinajstić information content (AvgIpc) is 2.71. The maximum absolute atomic E-state index is 10.8. The largest absolute Gasteiger partial charge is 0.333 e. The van der Waals surface area contributed by atoms with Gasteiger partial charge in [-0.15, -0.1) is 0 Å². The highest BCUT2D eigenvalue weighted by atomic mass is 32.2. The van der Waals surface area contributed by atoms with E-state index in [0.29, 0.717) is 5.52 Å². The van der Waals surface area contributed by atoms with Gasteiger partial charge in [-0.1, -0.05) is 31.2 Å². The number of aromatic amines is 1. The molecule has 2 aromatic rings. The van der Waals surface area contributed by atoms with Gasteiger partial charge in [-0.3, -0.25) is 10.1 Å². The SMILES string of the molecule is CCCCSc1nc2c([N+](=O)[O-])cccc2[nH]1. The van der Waals surface area contributed by atoms with Gasteiger partial charge in [0, 0.05) is 11.8 Å². The molecule has 0 aliphatic heterocycles. The molecule has 0 unspecified atom stereocenters. The van der Waals surface area contributed by atoms with E-state index in [0.717, 1.165) is 29.3 Å². The fraction of sp³-hybridized carbons (Fsp3) is 0.364. The Balaban J connectivity index is 2.30. The molecule has 0 saturated heterocycles. The number of para-hydroxylation sites is 1. The Morgan fingerprint density at radius 1 is 1.53 bits per heavy atom. The van der Waals surface area contributed by atoms with Crippen LogP contribution in [-0.4, -0.2) is 20.6 Å². The van der Waals surface area contributed by atoms with Crippen molar-refractivity contribution in [1.82, 2.24) is 9.97 Å². The Labute approximate surface area is 103 Å². The number of fused-ring (bicyclic) bond motifs is 1. The van der Waals surface area contributed by atoms with E-state index in [1.807, 2.05) is 0 Å². The van der Waals surface area contributed by atoms with Crippen molar-refractivity contribution in [2.24, 2.45) is 0 Å². The summed E-state index contributed by atoms with van der Waals surface area (Å²) in [5.74, 6) is 0.976. The molecule has 0 amide bonds. The first-order valence-corrected chi connectivity index (χ1v) is 6.47. The molecule has 5 nitrogen and oxygen atoms in total. The summed E-state index contributed by atoms with van der Waals surface area (Å²) in [6.07, 6.45) is 2.25. The molecule has 0 spiro atoms. The standard InChI is InChI=1S/C11H13N3O2S/c1-2-3-7-17-11-12-8-5-4-6-9(14(15)16)10(8)13-11/h4-6H,2-3,7H2,1H3,(H,12,13). The maximum Gasteiger partial charge on any atom is 0.297 e. The van der Waals surface area contributed by atoms with Crippen molar-refractivity contribution in [3.63, 3.8) is 0 Å². The second-order valence-electron chi connectivity index (χ2n) is 3.67. The van der Waals surface area contributed by atoms with Crippen LogP contribution in [0.15, 0.2) is 23.4 Å². The van der Waals surface area contributed by atoms with Gasteiger partial charge in [0.1, 0.15) is 0 Å². The topological polar surface area (TPSA) is 71.8 Å². The van der Waals surface area contributed by atoms with Crippen molar-refractivity contribution in [3.05, 3.63) is 28.3 Å². The van der Waals surface area contributed by atoms with Gasteiger partial charge >= 0.3 is 0 Å². The van der Waals surface area contributed by atoms with Crippen molar-refractivity contribution in [3.8, 4) is 0 Å². The quantitative estimate of drug-likeness (QED) is 0.383. The molecule has 1 aromatic carbocycles. The van der Waals surface area contributed by atoms with E-state index in [2.05, 4.69) is 16.9 Å². The zero-order valence-electron chi connectivity index (χ0n) is 9.47. The van der Waals surface area contributed by atoms with Crippen LogP contribution in [0.2, 0.25) is 0 Å². The minimum absolute atomic E-state index is 0.0566. The van der Waals surface area contributed by atoms with Crippen molar-refractivity contribution in [2.75, 3.05) is 5.75 Å². The fourth-order valence-corrected chi connectivity index (χ4v) is 2.49.